The first-order valence-electron chi connectivity index (χ1n) is 16.6. The van der Waals surface area contributed by atoms with Crippen LogP contribution in [0.3, 0.4) is 0 Å². The predicted octanol–water partition coefficient (Wildman–Crippen LogP) is 6.30. The summed E-state index contributed by atoms with van der Waals surface area (Å²) in [6, 6.07) is 0. The van der Waals surface area contributed by atoms with Crippen molar-refractivity contribution in [3.63, 3.8) is 0 Å². The highest BCUT2D eigenvalue weighted by Crippen LogP contribution is 2.22. The maximum absolute atomic E-state index is 13.1. The number of nitrogens with zero attached hydrogens (tertiary/aromatic N) is 3. The van der Waals surface area contributed by atoms with Crippen molar-refractivity contribution in [3.05, 3.63) is 16.7 Å². The smallest absolute Gasteiger partial charge is 0.280 e. The molecule has 240 valence electrons. The molecule has 10 nitrogen and oxygen atoms in total. The molecule has 0 amide bonds. The number of ether oxygens (including phenoxy) is 2. The largest absolute Gasteiger partial charge is 0.385 e. The van der Waals surface area contributed by atoms with Crippen molar-refractivity contribution >= 4 is 22.9 Å². The van der Waals surface area contributed by atoms with E-state index in [0.29, 0.717) is 31.7 Å². The minimum absolute atomic E-state index is 0.0166. The predicted molar refractivity (Wildman–Crippen MR) is 168 cm³/mol. The summed E-state index contributed by atoms with van der Waals surface area (Å²) >= 11 is 0. The normalized spacial score (nSPS) is 13.3. The van der Waals surface area contributed by atoms with Gasteiger partial charge in [-0.15, -0.1) is 0 Å². The van der Waals surface area contributed by atoms with E-state index >= 15 is 0 Å². The van der Waals surface area contributed by atoms with Gasteiger partial charge >= 0.3 is 0 Å². The summed E-state index contributed by atoms with van der Waals surface area (Å²) < 4.78 is 13.1. The fraction of sp³-hybridized carbons (Fsp3) is 0.812. The molecule has 42 heavy (non-hydrogen) atoms. The Hall–Kier alpha value is -2.30. The first-order chi connectivity index (χ1) is 20.4. The maximum atomic E-state index is 13.1. The average molecular weight is 592 g/mol. The standard InChI is InChI=1S/C32H57N5O5/c1-4-7-8-9-10-11-12-13-14-15-16-17-18-19-20-21-26(38)29(39)25(22-27(41-5-2)42-6-3)23-37-24-34-28-30(37)35-32(33)36-31(28)40/h24-25,27,29,39H,4-23H2,1-3H3,(H3,33,35,36,40)/t25-,29-/m1/s1. The van der Waals surface area contributed by atoms with E-state index in [9.17, 15) is 14.7 Å². The third-order valence-electron chi connectivity index (χ3n) is 7.93. The highest BCUT2D eigenvalue weighted by Gasteiger charge is 2.30. The van der Waals surface area contributed by atoms with Gasteiger partial charge in [0.2, 0.25) is 5.95 Å². The molecule has 0 radical (unpaired) electrons. The molecular formula is C32H57N5O5. The lowest BCUT2D eigenvalue weighted by atomic mass is 9.92. The van der Waals surface area contributed by atoms with Gasteiger partial charge < -0.3 is 24.9 Å². The minimum atomic E-state index is -1.20. The minimum Gasteiger partial charge on any atom is -0.385 e. The monoisotopic (exact) mass is 591 g/mol. The molecule has 0 aromatic carbocycles. The number of fused-ring (bicyclic) bond motifs is 1. The Morgan fingerprint density at radius 2 is 1.43 bits per heavy atom. The number of H-pyrrole nitrogens is 1. The van der Waals surface area contributed by atoms with Crippen molar-refractivity contribution in [2.75, 3.05) is 18.9 Å². The van der Waals surface area contributed by atoms with Gasteiger partial charge in [0.25, 0.3) is 5.56 Å². The average Bonchev–Trinajstić information content (AvgIpc) is 3.37. The number of nitrogen functional groups attached to an aromatic ring is 1. The van der Waals surface area contributed by atoms with Crippen LogP contribution in [-0.4, -0.2) is 56.0 Å². The van der Waals surface area contributed by atoms with Gasteiger partial charge in [-0.25, -0.2) is 4.98 Å². The van der Waals surface area contributed by atoms with Crippen LogP contribution in [0.2, 0.25) is 0 Å². The molecular weight excluding hydrogens is 534 g/mol. The van der Waals surface area contributed by atoms with E-state index in [4.69, 9.17) is 15.2 Å². The molecule has 0 unspecified atom stereocenters. The molecule has 10 heteroatoms. The molecule has 0 fully saturated rings. The van der Waals surface area contributed by atoms with Crippen LogP contribution in [-0.2, 0) is 20.8 Å². The lowest BCUT2D eigenvalue weighted by molar-refractivity contribution is -0.156. The highest BCUT2D eigenvalue weighted by atomic mass is 16.7. The maximum Gasteiger partial charge on any atom is 0.280 e. The molecule has 0 aliphatic carbocycles. The first kappa shape index (κ1) is 35.9. The molecule has 0 spiro atoms. The van der Waals surface area contributed by atoms with E-state index in [0.717, 1.165) is 19.3 Å². The number of Topliss-reactive ketones (excluding diaryl/α,β-unsaturated/α-hetero) is 1. The lowest BCUT2D eigenvalue weighted by Crippen LogP contribution is -2.36. The van der Waals surface area contributed by atoms with Crippen LogP contribution in [0.15, 0.2) is 11.1 Å². The molecule has 2 rings (SSSR count). The van der Waals surface area contributed by atoms with Crippen molar-refractivity contribution in [2.24, 2.45) is 5.92 Å². The Morgan fingerprint density at radius 3 is 1.95 bits per heavy atom. The molecule has 0 saturated carbocycles. The molecule has 0 aliphatic heterocycles. The molecule has 0 bridgehead atoms. The number of rotatable bonds is 26. The summed E-state index contributed by atoms with van der Waals surface area (Å²) in [5.74, 6) is -0.718. The van der Waals surface area contributed by atoms with Crippen molar-refractivity contribution in [1.29, 1.82) is 0 Å². The van der Waals surface area contributed by atoms with Gasteiger partial charge in [0, 0.05) is 38.5 Å². The zero-order chi connectivity index (χ0) is 30.6. The van der Waals surface area contributed by atoms with E-state index in [2.05, 4.69) is 21.9 Å². The Morgan fingerprint density at radius 1 is 0.905 bits per heavy atom. The number of imidazole rings is 1. The number of carbonyl (C=O) groups excluding carboxylic acids is 1. The SMILES string of the molecule is CCCCCCCCCCCCCCCCCC(=O)[C@H](O)[C@H](CC(OCC)OCC)Cn1cnc2c(=O)[nH]c(N)nc21. The van der Waals surface area contributed by atoms with Crippen LogP contribution in [0.5, 0.6) is 0 Å². The second kappa shape index (κ2) is 21.4. The molecule has 2 aromatic rings. The fourth-order valence-electron chi connectivity index (χ4n) is 5.54. The molecule has 2 heterocycles. The Balaban J connectivity index is 1.77. The zero-order valence-corrected chi connectivity index (χ0v) is 26.5. The topological polar surface area (TPSA) is 145 Å². The molecule has 0 aliphatic rings. The Labute approximate surface area is 252 Å². The van der Waals surface area contributed by atoms with Gasteiger partial charge in [0.05, 0.1) is 6.33 Å². The molecule has 2 atom stereocenters. The third kappa shape index (κ3) is 13.3. The summed E-state index contributed by atoms with van der Waals surface area (Å²) in [6.07, 6.45) is 19.3. The number of carbonyl (C=O) groups is 1. The summed E-state index contributed by atoms with van der Waals surface area (Å²) in [7, 11) is 0. The van der Waals surface area contributed by atoms with Crippen LogP contribution in [0.25, 0.3) is 11.2 Å². The second-order valence-corrected chi connectivity index (χ2v) is 11.5. The number of aromatic amines is 1. The number of unbranched alkanes of at least 4 members (excludes halogenated alkanes) is 14. The number of nitrogens with two attached hydrogens (primary N) is 1. The van der Waals surface area contributed by atoms with Crippen LogP contribution < -0.4 is 11.3 Å². The van der Waals surface area contributed by atoms with E-state index in [1.54, 1.807) is 4.57 Å². The molecule has 2 aromatic heterocycles. The number of ketones is 1. The van der Waals surface area contributed by atoms with Crippen LogP contribution in [0.1, 0.15) is 130 Å². The summed E-state index contributed by atoms with van der Waals surface area (Å²) in [6.45, 7) is 7.12. The van der Waals surface area contributed by atoms with E-state index in [-0.39, 0.29) is 23.8 Å². The number of nitrogens with one attached hydrogen (secondary N) is 1. The quantitative estimate of drug-likeness (QED) is 0.0854. The van der Waals surface area contributed by atoms with Gasteiger partial charge in [-0.05, 0) is 20.3 Å². The van der Waals surface area contributed by atoms with E-state index < -0.39 is 23.9 Å². The van der Waals surface area contributed by atoms with Gasteiger partial charge in [-0.2, -0.15) is 4.98 Å². The number of hydrogen-bond acceptors (Lipinski definition) is 8. The number of aliphatic hydroxyl groups excluding tert-OH is 1. The second-order valence-electron chi connectivity index (χ2n) is 11.5. The zero-order valence-electron chi connectivity index (χ0n) is 26.5. The van der Waals surface area contributed by atoms with Gasteiger partial charge in [-0.3, -0.25) is 14.6 Å². The van der Waals surface area contributed by atoms with Gasteiger partial charge in [0.1, 0.15) is 6.10 Å². The van der Waals surface area contributed by atoms with Gasteiger partial charge in [0.15, 0.2) is 23.2 Å². The molecule has 4 N–H and O–H groups in total. The third-order valence-corrected chi connectivity index (χ3v) is 7.93. The van der Waals surface area contributed by atoms with Crippen molar-refractivity contribution in [2.45, 2.75) is 149 Å². The van der Waals surface area contributed by atoms with Crippen molar-refractivity contribution < 1.29 is 19.4 Å². The van der Waals surface area contributed by atoms with Crippen molar-refractivity contribution in [3.8, 4) is 0 Å². The Bertz CT molecular complexity index is 1050. The Kier molecular flexibility index (Phi) is 18.3. The lowest BCUT2D eigenvalue weighted by Gasteiger charge is -2.27. The number of aliphatic hydroxyl groups is 1. The fourth-order valence-corrected chi connectivity index (χ4v) is 5.54. The highest BCUT2D eigenvalue weighted by molar-refractivity contribution is 5.83. The number of anilines is 1. The van der Waals surface area contributed by atoms with E-state index in [1.807, 2.05) is 13.8 Å². The first-order valence-corrected chi connectivity index (χ1v) is 16.6. The number of hydrogen-bond donors (Lipinski definition) is 3. The van der Waals surface area contributed by atoms with E-state index in [1.165, 1.54) is 83.4 Å². The van der Waals surface area contributed by atoms with Crippen LogP contribution in [0, 0.1) is 5.92 Å². The van der Waals surface area contributed by atoms with Gasteiger partial charge in [-0.1, -0.05) is 96.8 Å². The molecule has 0 saturated heterocycles. The van der Waals surface area contributed by atoms with Crippen molar-refractivity contribution in [1.82, 2.24) is 19.5 Å². The van der Waals surface area contributed by atoms with Crippen LogP contribution in [0.4, 0.5) is 5.95 Å². The summed E-state index contributed by atoms with van der Waals surface area (Å²) in [4.78, 5) is 36.1. The summed E-state index contributed by atoms with van der Waals surface area (Å²) in [5.41, 5.74) is 5.79. The summed E-state index contributed by atoms with van der Waals surface area (Å²) in [5, 5.41) is 11.2. The van der Waals surface area contributed by atoms with Crippen LogP contribution >= 0.6 is 0 Å². The number of aromatic nitrogens is 4.